The molecule has 0 aliphatic heterocycles. The van der Waals surface area contributed by atoms with Crippen LogP contribution in [-0.4, -0.2) is 38.4 Å². The van der Waals surface area contributed by atoms with Gasteiger partial charge in [-0.2, -0.15) is 0 Å². The molecule has 1 fully saturated rings. The number of aliphatic hydroxyl groups is 4. The van der Waals surface area contributed by atoms with Gasteiger partial charge in [0.15, 0.2) is 6.29 Å². The van der Waals surface area contributed by atoms with Crippen molar-refractivity contribution in [3.05, 3.63) is 0 Å². The lowest BCUT2D eigenvalue weighted by atomic mass is 9.80. The molecule has 0 unspecified atom stereocenters. The van der Waals surface area contributed by atoms with Gasteiger partial charge < -0.3 is 20.4 Å². The molecule has 16 heavy (non-hydrogen) atoms. The highest BCUT2D eigenvalue weighted by molar-refractivity contribution is 4.85. The summed E-state index contributed by atoms with van der Waals surface area (Å²) in [5.41, 5.74) is -0.586. The standard InChI is InChI=1S/C12H24O4/c13-10-5-8-12(16,9-6-10)7-3-1-2-4-11(14)15/h10-11,13-16H,1-9H2. The normalized spacial score (nSPS) is 30.9. The topological polar surface area (TPSA) is 80.9 Å². The van der Waals surface area contributed by atoms with E-state index in [1.165, 1.54) is 0 Å². The molecule has 0 saturated heterocycles. The first-order chi connectivity index (χ1) is 7.52. The van der Waals surface area contributed by atoms with E-state index in [2.05, 4.69) is 0 Å². The minimum Gasteiger partial charge on any atom is -0.393 e. The number of unbranched alkanes of at least 4 members (excludes halogenated alkanes) is 2. The third-order valence-corrected chi connectivity index (χ3v) is 3.49. The Hall–Kier alpha value is -0.160. The van der Waals surface area contributed by atoms with Gasteiger partial charge >= 0.3 is 0 Å². The molecule has 4 N–H and O–H groups in total. The molecule has 4 nitrogen and oxygen atoms in total. The molecule has 0 bridgehead atoms. The van der Waals surface area contributed by atoms with Gasteiger partial charge in [-0.25, -0.2) is 0 Å². The Kier molecular flexibility index (Phi) is 5.69. The van der Waals surface area contributed by atoms with Crippen LogP contribution in [-0.2, 0) is 0 Å². The Morgan fingerprint density at radius 3 is 2.25 bits per heavy atom. The van der Waals surface area contributed by atoms with E-state index in [0.29, 0.717) is 32.1 Å². The quantitative estimate of drug-likeness (QED) is 0.405. The number of hydrogen-bond donors (Lipinski definition) is 4. The summed E-state index contributed by atoms with van der Waals surface area (Å²) in [5.74, 6) is 0. The van der Waals surface area contributed by atoms with Gasteiger partial charge in [0.2, 0.25) is 0 Å². The van der Waals surface area contributed by atoms with Crippen molar-refractivity contribution in [1.29, 1.82) is 0 Å². The molecule has 1 aliphatic rings. The van der Waals surface area contributed by atoms with Crippen LogP contribution in [0.25, 0.3) is 0 Å². The van der Waals surface area contributed by atoms with E-state index < -0.39 is 11.9 Å². The summed E-state index contributed by atoms with van der Waals surface area (Å²) >= 11 is 0. The molecule has 0 spiro atoms. The molecule has 0 aromatic heterocycles. The molecule has 0 aromatic rings. The SMILES string of the molecule is OC(O)CCCCCC1(O)CCC(O)CC1. The van der Waals surface area contributed by atoms with Crippen LogP contribution >= 0.6 is 0 Å². The van der Waals surface area contributed by atoms with Crippen LogP contribution in [0.1, 0.15) is 57.8 Å². The molecular weight excluding hydrogens is 208 g/mol. The first-order valence-electron chi connectivity index (χ1n) is 6.28. The lowest BCUT2D eigenvalue weighted by Gasteiger charge is -2.34. The maximum absolute atomic E-state index is 10.2. The minimum absolute atomic E-state index is 0.232. The van der Waals surface area contributed by atoms with Gasteiger partial charge in [-0.15, -0.1) is 0 Å². The highest BCUT2D eigenvalue weighted by Crippen LogP contribution is 2.32. The second-order valence-corrected chi connectivity index (χ2v) is 5.04. The Bertz CT molecular complexity index is 185. The van der Waals surface area contributed by atoms with E-state index in [0.717, 1.165) is 25.7 Å². The van der Waals surface area contributed by atoms with Crippen molar-refractivity contribution in [1.82, 2.24) is 0 Å². The molecule has 0 aromatic carbocycles. The summed E-state index contributed by atoms with van der Waals surface area (Å²) in [5, 5.41) is 36.9. The Labute approximate surface area is 96.9 Å². The van der Waals surface area contributed by atoms with E-state index >= 15 is 0 Å². The maximum atomic E-state index is 10.2. The maximum Gasteiger partial charge on any atom is 0.151 e. The van der Waals surface area contributed by atoms with E-state index in [1.807, 2.05) is 0 Å². The molecule has 4 heteroatoms. The van der Waals surface area contributed by atoms with Crippen LogP contribution in [0, 0.1) is 0 Å². The van der Waals surface area contributed by atoms with Crippen LogP contribution in [0.5, 0.6) is 0 Å². The average Bonchev–Trinajstić information content (AvgIpc) is 2.22. The summed E-state index contributed by atoms with van der Waals surface area (Å²) in [6.45, 7) is 0. The molecule has 1 aliphatic carbocycles. The fourth-order valence-corrected chi connectivity index (χ4v) is 2.35. The summed E-state index contributed by atoms with van der Waals surface area (Å²) in [7, 11) is 0. The lowest BCUT2D eigenvalue weighted by molar-refractivity contribution is -0.0487. The van der Waals surface area contributed by atoms with E-state index in [1.54, 1.807) is 0 Å². The Morgan fingerprint density at radius 1 is 1.06 bits per heavy atom. The third kappa shape index (κ3) is 5.25. The van der Waals surface area contributed by atoms with Crippen molar-refractivity contribution in [3.8, 4) is 0 Å². The van der Waals surface area contributed by atoms with Crippen molar-refractivity contribution in [2.75, 3.05) is 0 Å². The fraction of sp³-hybridized carbons (Fsp3) is 1.00. The van der Waals surface area contributed by atoms with Gasteiger partial charge in [0, 0.05) is 0 Å². The van der Waals surface area contributed by atoms with Crippen LogP contribution < -0.4 is 0 Å². The van der Waals surface area contributed by atoms with E-state index in [-0.39, 0.29) is 6.10 Å². The zero-order valence-corrected chi connectivity index (χ0v) is 9.81. The zero-order chi connectivity index (χ0) is 12.0. The van der Waals surface area contributed by atoms with Gasteiger partial charge in [0.05, 0.1) is 11.7 Å². The smallest absolute Gasteiger partial charge is 0.151 e. The van der Waals surface area contributed by atoms with Gasteiger partial charge in [0.25, 0.3) is 0 Å². The zero-order valence-electron chi connectivity index (χ0n) is 9.81. The monoisotopic (exact) mass is 232 g/mol. The second kappa shape index (κ2) is 6.55. The number of rotatable bonds is 6. The molecule has 0 amide bonds. The Balaban J connectivity index is 2.07. The minimum atomic E-state index is -1.20. The highest BCUT2D eigenvalue weighted by Gasteiger charge is 2.31. The van der Waals surface area contributed by atoms with Crippen molar-refractivity contribution < 1.29 is 20.4 Å². The predicted octanol–water partition coefficient (Wildman–Crippen LogP) is 0.914. The fourth-order valence-electron chi connectivity index (χ4n) is 2.35. The van der Waals surface area contributed by atoms with Gasteiger partial charge in [0.1, 0.15) is 0 Å². The molecule has 0 atom stereocenters. The molecule has 1 saturated carbocycles. The molecule has 0 radical (unpaired) electrons. The largest absolute Gasteiger partial charge is 0.393 e. The van der Waals surface area contributed by atoms with Crippen molar-refractivity contribution in [3.63, 3.8) is 0 Å². The summed E-state index contributed by atoms with van der Waals surface area (Å²) in [6, 6.07) is 0. The van der Waals surface area contributed by atoms with Crippen molar-refractivity contribution in [2.24, 2.45) is 0 Å². The first kappa shape index (κ1) is 13.9. The van der Waals surface area contributed by atoms with Crippen LogP contribution in [0.4, 0.5) is 0 Å². The van der Waals surface area contributed by atoms with Crippen LogP contribution in [0.2, 0.25) is 0 Å². The van der Waals surface area contributed by atoms with Crippen molar-refractivity contribution in [2.45, 2.75) is 75.8 Å². The van der Waals surface area contributed by atoms with E-state index in [4.69, 9.17) is 10.2 Å². The first-order valence-corrected chi connectivity index (χ1v) is 6.28. The van der Waals surface area contributed by atoms with Crippen LogP contribution in [0.15, 0.2) is 0 Å². The Morgan fingerprint density at radius 2 is 1.69 bits per heavy atom. The summed E-state index contributed by atoms with van der Waals surface area (Å²) in [6.07, 6.45) is 5.15. The van der Waals surface area contributed by atoms with Crippen molar-refractivity contribution >= 4 is 0 Å². The third-order valence-electron chi connectivity index (χ3n) is 3.49. The molecule has 96 valence electrons. The highest BCUT2D eigenvalue weighted by atomic mass is 16.5. The number of hydrogen-bond acceptors (Lipinski definition) is 4. The molecular formula is C12H24O4. The lowest BCUT2D eigenvalue weighted by Crippen LogP contribution is -2.35. The van der Waals surface area contributed by atoms with Crippen LogP contribution in [0.3, 0.4) is 0 Å². The molecule has 0 heterocycles. The van der Waals surface area contributed by atoms with Gasteiger partial charge in [-0.1, -0.05) is 12.8 Å². The number of aliphatic hydroxyl groups excluding tert-OH is 2. The average molecular weight is 232 g/mol. The second-order valence-electron chi connectivity index (χ2n) is 5.04. The van der Waals surface area contributed by atoms with Gasteiger partial charge in [-0.05, 0) is 44.9 Å². The molecule has 1 rings (SSSR count). The summed E-state index contributed by atoms with van der Waals surface area (Å²) in [4.78, 5) is 0. The predicted molar refractivity (Wildman–Crippen MR) is 60.7 cm³/mol. The van der Waals surface area contributed by atoms with E-state index in [9.17, 15) is 10.2 Å². The summed E-state index contributed by atoms with van der Waals surface area (Å²) < 4.78 is 0. The van der Waals surface area contributed by atoms with Gasteiger partial charge in [-0.3, -0.25) is 0 Å².